The number of anilines is 1. The van der Waals surface area contributed by atoms with E-state index in [-0.39, 0.29) is 11.7 Å². The average Bonchev–Trinajstić information content (AvgIpc) is 2.41. The van der Waals surface area contributed by atoms with E-state index in [1.54, 1.807) is 24.3 Å². The topological polar surface area (TPSA) is 38.3 Å². The molecule has 0 saturated carbocycles. The molecule has 2 rings (SSSR count). The monoisotopic (exact) mass is 323 g/mol. The van der Waals surface area contributed by atoms with Gasteiger partial charge in [-0.25, -0.2) is 4.39 Å². The van der Waals surface area contributed by atoms with Gasteiger partial charge in [0.2, 0.25) is 0 Å². The lowest BCUT2D eigenvalue weighted by molar-refractivity contribution is 0.102. The summed E-state index contributed by atoms with van der Waals surface area (Å²) in [4.78, 5) is 11.9. The Morgan fingerprint density at radius 1 is 1.21 bits per heavy atom. The Kier molecular flexibility index (Phi) is 4.16. The molecular weight excluding hydrogens is 313 g/mol. The van der Waals surface area contributed by atoms with Crippen LogP contribution < -0.4 is 10.1 Å². The number of nitrogens with one attached hydrogen (secondary N) is 1. The summed E-state index contributed by atoms with van der Waals surface area (Å²) in [5.74, 6) is -0.640. The quantitative estimate of drug-likeness (QED) is 0.931. The number of ether oxygens (including phenoxy) is 1. The number of hydrogen-bond acceptors (Lipinski definition) is 2. The zero-order valence-electron chi connectivity index (χ0n) is 10.1. The fourth-order valence-electron chi connectivity index (χ4n) is 1.54. The van der Waals surface area contributed by atoms with E-state index < -0.39 is 5.82 Å². The van der Waals surface area contributed by atoms with Crippen molar-refractivity contribution in [3.8, 4) is 5.75 Å². The highest BCUT2D eigenvalue weighted by Crippen LogP contribution is 2.22. The molecule has 1 N–H and O–H groups in total. The number of hydrogen-bond donors (Lipinski definition) is 1. The number of methoxy groups -OCH3 is 1. The van der Waals surface area contributed by atoms with Crippen LogP contribution in [0.5, 0.6) is 5.75 Å². The van der Waals surface area contributed by atoms with Crippen LogP contribution in [0.25, 0.3) is 0 Å². The molecule has 0 atom stereocenters. The molecule has 1 amide bonds. The smallest absolute Gasteiger partial charge is 0.255 e. The second kappa shape index (κ2) is 5.84. The Bertz CT molecular complexity index is 599. The summed E-state index contributed by atoms with van der Waals surface area (Å²) in [6.45, 7) is 0. The molecule has 2 aromatic rings. The van der Waals surface area contributed by atoms with E-state index in [0.29, 0.717) is 11.3 Å². The maximum absolute atomic E-state index is 13.2. The molecule has 0 aliphatic rings. The van der Waals surface area contributed by atoms with Gasteiger partial charge < -0.3 is 10.1 Å². The van der Waals surface area contributed by atoms with Crippen molar-refractivity contribution in [3.63, 3.8) is 0 Å². The van der Waals surface area contributed by atoms with Crippen LogP contribution in [0.1, 0.15) is 10.4 Å². The van der Waals surface area contributed by atoms with Crippen molar-refractivity contribution in [1.29, 1.82) is 0 Å². The van der Waals surface area contributed by atoms with Crippen molar-refractivity contribution in [1.82, 2.24) is 0 Å². The largest absolute Gasteiger partial charge is 0.494 e. The number of rotatable bonds is 3. The minimum Gasteiger partial charge on any atom is -0.494 e. The minimum atomic E-state index is -0.468. The number of amides is 1. The maximum Gasteiger partial charge on any atom is 0.255 e. The molecule has 0 aliphatic heterocycles. The molecule has 0 bridgehead atoms. The molecule has 0 fully saturated rings. The van der Waals surface area contributed by atoms with Crippen molar-refractivity contribution in [3.05, 3.63) is 58.3 Å². The van der Waals surface area contributed by atoms with Crippen LogP contribution >= 0.6 is 15.9 Å². The van der Waals surface area contributed by atoms with E-state index in [2.05, 4.69) is 21.2 Å². The fourth-order valence-corrected chi connectivity index (χ4v) is 1.81. The van der Waals surface area contributed by atoms with Crippen molar-refractivity contribution >= 4 is 27.5 Å². The van der Waals surface area contributed by atoms with E-state index >= 15 is 0 Å². The normalized spacial score (nSPS) is 10.1. The molecule has 5 heteroatoms. The highest BCUT2D eigenvalue weighted by atomic mass is 79.9. The molecule has 0 unspecified atom stereocenters. The van der Waals surface area contributed by atoms with Gasteiger partial charge in [-0.15, -0.1) is 0 Å². The Hall–Kier alpha value is -1.88. The van der Waals surface area contributed by atoms with Crippen LogP contribution in [-0.2, 0) is 0 Å². The summed E-state index contributed by atoms with van der Waals surface area (Å²) in [7, 11) is 1.37. The highest BCUT2D eigenvalue weighted by molar-refractivity contribution is 9.10. The van der Waals surface area contributed by atoms with Crippen LogP contribution in [0.4, 0.5) is 10.1 Å². The van der Waals surface area contributed by atoms with E-state index in [0.717, 1.165) is 4.47 Å². The lowest BCUT2D eigenvalue weighted by atomic mass is 10.2. The number of carbonyl (C=O) groups is 1. The fraction of sp³-hybridized carbons (Fsp3) is 0.0714. The number of halogens is 2. The molecule has 0 saturated heterocycles. The van der Waals surface area contributed by atoms with Gasteiger partial charge in [0, 0.05) is 21.8 Å². The molecular formula is C14H11BrFNO2. The summed E-state index contributed by atoms with van der Waals surface area (Å²) >= 11 is 3.30. The lowest BCUT2D eigenvalue weighted by Gasteiger charge is -2.08. The second-order valence-electron chi connectivity index (χ2n) is 3.81. The predicted octanol–water partition coefficient (Wildman–Crippen LogP) is 3.85. The molecule has 0 heterocycles. The van der Waals surface area contributed by atoms with Gasteiger partial charge in [0.1, 0.15) is 0 Å². The van der Waals surface area contributed by atoms with Crippen LogP contribution in [0.3, 0.4) is 0 Å². The van der Waals surface area contributed by atoms with Gasteiger partial charge in [0.05, 0.1) is 7.11 Å². The van der Waals surface area contributed by atoms with Crippen LogP contribution in [0.2, 0.25) is 0 Å². The average molecular weight is 324 g/mol. The van der Waals surface area contributed by atoms with Gasteiger partial charge in [-0.3, -0.25) is 4.79 Å². The molecule has 98 valence electrons. The van der Waals surface area contributed by atoms with Crippen molar-refractivity contribution in [2.24, 2.45) is 0 Å². The van der Waals surface area contributed by atoms with Gasteiger partial charge in [-0.05, 0) is 36.4 Å². The van der Waals surface area contributed by atoms with E-state index in [1.807, 2.05) is 0 Å². The number of benzene rings is 2. The van der Waals surface area contributed by atoms with Gasteiger partial charge in [-0.1, -0.05) is 15.9 Å². The SMILES string of the molecule is COc1cc(NC(=O)c2ccc(Br)cc2)ccc1F. The lowest BCUT2D eigenvalue weighted by Crippen LogP contribution is -2.11. The standard InChI is InChI=1S/C14H11BrFNO2/c1-19-13-8-11(6-7-12(13)16)17-14(18)9-2-4-10(15)5-3-9/h2-8H,1H3,(H,17,18). The maximum atomic E-state index is 13.2. The molecule has 0 aliphatic carbocycles. The summed E-state index contributed by atoms with van der Waals surface area (Å²) < 4.78 is 19.0. The summed E-state index contributed by atoms with van der Waals surface area (Å²) in [5.41, 5.74) is 0.998. The Morgan fingerprint density at radius 2 is 1.89 bits per heavy atom. The van der Waals surface area contributed by atoms with E-state index in [9.17, 15) is 9.18 Å². The van der Waals surface area contributed by atoms with E-state index in [4.69, 9.17) is 4.74 Å². The number of carbonyl (C=O) groups excluding carboxylic acids is 1. The summed E-state index contributed by atoms with van der Waals surface area (Å²) in [6, 6.07) is 11.1. The summed E-state index contributed by atoms with van der Waals surface area (Å²) in [5, 5.41) is 2.68. The van der Waals surface area contributed by atoms with Crippen molar-refractivity contribution in [2.75, 3.05) is 12.4 Å². The zero-order valence-corrected chi connectivity index (χ0v) is 11.7. The zero-order chi connectivity index (χ0) is 13.8. The molecule has 3 nitrogen and oxygen atoms in total. The van der Waals surface area contributed by atoms with Gasteiger partial charge in [0.25, 0.3) is 5.91 Å². The first kappa shape index (κ1) is 13.5. The Morgan fingerprint density at radius 3 is 2.53 bits per heavy atom. The van der Waals surface area contributed by atoms with Crippen LogP contribution in [0.15, 0.2) is 46.9 Å². The molecule has 0 aromatic heterocycles. The van der Waals surface area contributed by atoms with Crippen molar-refractivity contribution in [2.45, 2.75) is 0 Å². The van der Waals surface area contributed by atoms with Gasteiger partial charge in [0.15, 0.2) is 11.6 Å². The predicted molar refractivity (Wildman–Crippen MR) is 75.0 cm³/mol. The minimum absolute atomic E-state index is 0.0913. The first-order valence-corrected chi connectivity index (χ1v) is 6.30. The van der Waals surface area contributed by atoms with E-state index in [1.165, 1.54) is 25.3 Å². The Labute approximate surface area is 118 Å². The van der Waals surface area contributed by atoms with Gasteiger partial charge in [-0.2, -0.15) is 0 Å². The van der Waals surface area contributed by atoms with Gasteiger partial charge >= 0.3 is 0 Å². The van der Waals surface area contributed by atoms with Crippen molar-refractivity contribution < 1.29 is 13.9 Å². The highest BCUT2D eigenvalue weighted by Gasteiger charge is 2.08. The third-order valence-corrected chi connectivity index (χ3v) is 3.04. The molecule has 2 aromatic carbocycles. The van der Waals surface area contributed by atoms with Crippen LogP contribution in [-0.4, -0.2) is 13.0 Å². The third kappa shape index (κ3) is 3.32. The Balaban J connectivity index is 2.17. The molecule has 0 spiro atoms. The third-order valence-electron chi connectivity index (χ3n) is 2.52. The van der Waals surface area contributed by atoms with Crippen LogP contribution in [0, 0.1) is 5.82 Å². The first-order chi connectivity index (χ1) is 9.10. The molecule has 19 heavy (non-hydrogen) atoms. The summed E-state index contributed by atoms with van der Waals surface area (Å²) in [6.07, 6.45) is 0. The molecule has 0 radical (unpaired) electrons. The second-order valence-corrected chi connectivity index (χ2v) is 4.73. The first-order valence-electron chi connectivity index (χ1n) is 5.50.